The van der Waals surface area contributed by atoms with Crippen LogP contribution in [0.3, 0.4) is 0 Å². The van der Waals surface area contributed by atoms with E-state index in [1.54, 1.807) is 12.1 Å². The van der Waals surface area contributed by atoms with Crippen molar-refractivity contribution >= 4 is 16.9 Å². The number of phenolic OH excluding ortho intramolecular Hbond substituents is 1. The molecule has 0 unspecified atom stereocenters. The molecule has 0 saturated carbocycles. The first kappa shape index (κ1) is 17.0. The molecule has 1 amide bonds. The molecule has 0 atom stereocenters. The number of hydrogen-bond acceptors (Lipinski definition) is 3. The predicted octanol–water partition coefficient (Wildman–Crippen LogP) is 3.19. The molecule has 2 aromatic carbocycles. The fraction of sp³-hybridized carbons (Fsp3) is 0.300. The molecule has 0 fully saturated rings. The van der Waals surface area contributed by atoms with Gasteiger partial charge in [-0.3, -0.25) is 4.79 Å². The van der Waals surface area contributed by atoms with Crippen LogP contribution in [0.1, 0.15) is 24.2 Å². The van der Waals surface area contributed by atoms with Crippen molar-refractivity contribution in [3.8, 4) is 5.75 Å². The molecule has 0 bridgehead atoms. The molecule has 1 aromatic heterocycles. The van der Waals surface area contributed by atoms with E-state index in [1.807, 2.05) is 37.3 Å². The van der Waals surface area contributed by atoms with Crippen LogP contribution in [-0.4, -0.2) is 27.1 Å². The number of nitrogens with zero attached hydrogens (tertiary/aromatic N) is 2. The van der Waals surface area contributed by atoms with E-state index in [-0.39, 0.29) is 11.7 Å². The number of nitrogens with one attached hydrogen (secondary N) is 1. The van der Waals surface area contributed by atoms with Crippen molar-refractivity contribution in [3.63, 3.8) is 0 Å². The van der Waals surface area contributed by atoms with Crippen molar-refractivity contribution in [2.75, 3.05) is 6.54 Å². The van der Waals surface area contributed by atoms with Crippen LogP contribution in [0.4, 0.5) is 0 Å². The second-order valence-electron chi connectivity index (χ2n) is 6.13. The maximum absolute atomic E-state index is 12.0. The van der Waals surface area contributed by atoms with Gasteiger partial charge in [-0.05, 0) is 43.5 Å². The Labute approximate surface area is 147 Å². The Morgan fingerprint density at radius 3 is 2.76 bits per heavy atom. The minimum atomic E-state index is 0.00969. The van der Waals surface area contributed by atoms with Crippen LogP contribution in [0.25, 0.3) is 11.0 Å². The smallest absolute Gasteiger partial charge is 0.220 e. The third kappa shape index (κ3) is 4.18. The Morgan fingerprint density at radius 1 is 1.16 bits per heavy atom. The summed E-state index contributed by atoms with van der Waals surface area (Å²) in [6.07, 6.45) is 1.78. The molecule has 0 aliphatic carbocycles. The summed E-state index contributed by atoms with van der Waals surface area (Å²) < 4.78 is 2.18. The summed E-state index contributed by atoms with van der Waals surface area (Å²) in [6.45, 7) is 3.46. The van der Waals surface area contributed by atoms with Crippen molar-refractivity contribution in [3.05, 3.63) is 59.9 Å². The van der Waals surface area contributed by atoms with Crippen molar-refractivity contribution in [1.82, 2.24) is 14.9 Å². The zero-order valence-corrected chi connectivity index (χ0v) is 14.4. The Kier molecular flexibility index (Phi) is 5.33. The Morgan fingerprint density at radius 2 is 1.92 bits per heavy atom. The first-order chi connectivity index (χ1) is 12.1. The van der Waals surface area contributed by atoms with E-state index >= 15 is 0 Å². The van der Waals surface area contributed by atoms with Gasteiger partial charge < -0.3 is 15.0 Å². The number of carbonyl (C=O) groups is 1. The summed E-state index contributed by atoms with van der Waals surface area (Å²) in [4.78, 5) is 16.5. The van der Waals surface area contributed by atoms with E-state index in [4.69, 9.17) is 0 Å². The number of aromatic hydroxyl groups is 1. The van der Waals surface area contributed by atoms with Crippen molar-refractivity contribution in [2.24, 2.45) is 0 Å². The molecule has 5 heteroatoms. The SMILES string of the molecule is Cc1nc2ccccc2n1CCCNC(=O)CCc1ccccc1O. The lowest BCUT2D eigenvalue weighted by molar-refractivity contribution is -0.121. The zero-order chi connectivity index (χ0) is 17.6. The lowest BCUT2D eigenvalue weighted by Gasteiger charge is -2.09. The second-order valence-corrected chi connectivity index (χ2v) is 6.13. The van der Waals surface area contributed by atoms with E-state index in [1.165, 1.54) is 0 Å². The number of benzene rings is 2. The third-order valence-electron chi connectivity index (χ3n) is 4.34. The van der Waals surface area contributed by atoms with E-state index in [0.717, 1.165) is 35.4 Å². The van der Waals surface area contributed by atoms with Crippen molar-refractivity contribution < 1.29 is 9.90 Å². The van der Waals surface area contributed by atoms with Gasteiger partial charge >= 0.3 is 0 Å². The summed E-state index contributed by atoms with van der Waals surface area (Å²) in [5.74, 6) is 1.25. The summed E-state index contributed by atoms with van der Waals surface area (Å²) >= 11 is 0. The summed E-state index contributed by atoms with van der Waals surface area (Å²) in [6, 6.07) is 15.2. The zero-order valence-electron chi connectivity index (χ0n) is 14.4. The summed E-state index contributed by atoms with van der Waals surface area (Å²) in [7, 11) is 0. The number of aryl methyl sites for hydroxylation is 3. The molecule has 3 rings (SSSR count). The number of aromatic nitrogens is 2. The first-order valence-electron chi connectivity index (χ1n) is 8.60. The second kappa shape index (κ2) is 7.83. The van der Waals surface area contributed by atoms with Gasteiger partial charge in [0.05, 0.1) is 11.0 Å². The third-order valence-corrected chi connectivity index (χ3v) is 4.34. The van der Waals surface area contributed by atoms with Crippen molar-refractivity contribution in [2.45, 2.75) is 32.7 Å². The monoisotopic (exact) mass is 337 g/mol. The maximum atomic E-state index is 12.0. The van der Waals surface area contributed by atoms with Crippen LogP contribution >= 0.6 is 0 Å². The molecule has 2 N–H and O–H groups in total. The van der Waals surface area contributed by atoms with Gasteiger partial charge in [-0.25, -0.2) is 4.98 Å². The van der Waals surface area contributed by atoms with E-state index in [9.17, 15) is 9.90 Å². The first-order valence-corrected chi connectivity index (χ1v) is 8.60. The predicted molar refractivity (Wildman–Crippen MR) is 98.5 cm³/mol. The number of phenols is 1. The highest BCUT2D eigenvalue weighted by atomic mass is 16.3. The van der Waals surface area contributed by atoms with Crippen LogP contribution < -0.4 is 5.32 Å². The summed E-state index contributed by atoms with van der Waals surface area (Å²) in [5.41, 5.74) is 2.94. The number of imidazole rings is 1. The summed E-state index contributed by atoms with van der Waals surface area (Å²) in [5, 5.41) is 12.7. The van der Waals surface area contributed by atoms with Gasteiger partial charge in [0.25, 0.3) is 0 Å². The standard InChI is InChI=1S/C20H23N3O2/c1-15-22-17-8-3-4-9-18(17)23(15)14-6-13-21-20(25)12-11-16-7-2-5-10-19(16)24/h2-5,7-10,24H,6,11-14H2,1H3,(H,21,25). The molecule has 5 nitrogen and oxygen atoms in total. The van der Waals surface area contributed by atoms with Crippen LogP contribution in [0.2, 0.25) is 0 Å². The highest BCUT2D eigenvalue weighted by Gasteiger charge is 2.07. The van der Waals surface area contributed by atoms with Crippen LogP contribution in [-0.2, 0) is 17.8 Å². The van der Waals surface area contributed by atoms with Crippen LogP contribution in [0.5, 0.6) is 5.75 Å². The number of hydrogen-bond donors (Lipinski definition) is 2. The molecule has 130 valence electrons. The normalized spacial score (nSPS) is 10.9. The minimum absolute atomic E-state index is 0.00969. The van der Waals surface area contributed by atoms with Gasteiger partial charge in [-0.2, -0.15) is 0 Å². The Hall–Kier alpha value is -2.82. The average molecular weight is 337 g/mol. The average Bonchev–Trinajstić information content (AvgIpc) is 2.93. The van der Waals surface area contributed by atoms with Crippen LogP contribution in [0, 0.1) is 6.92 Å². The molecule has 25 heavy (non-hydrogen) atoms. The number of amides is 1. The number of fused-ring (bicyclic) bond motifs is 1. The molecule has 0 aliphatic rings. The molecule has 3 aromatic rings. The number of carbonyl (C=O) groups excluding carboxylic acids is 1. The molecular formula is C20H23N3O2. The molecule has 1 heterocycles. The lowest BCUT2D eigenvalue weighted by Crippen LogP contribution is -2.25. The fourth-order valence-corrected chi connectivity index (χ4v) is 3.00. The quantitative estimate of drug-likeness (QED) is 0.651. The van der Waals surface area contributed by atoms with Gasteiger partial charge in [0.1, 0.15) is 11.6 Å². The number of para-hydroxylation sites is 3. The highest BCUT2D eigenvalue weighted by molar-refractivity contribution is 5.76. The Bertz CT molecular complexity index is 870. The Balaban J connectivity index is 1.44. The van der Waals surface area contributed by atoms with E-state index < -0.39 is 0 Å². The van der Waals surface area contributed by atoms with Gasteiger partial charge in [0, 0.05) is 19.5 Å². The molecule has 0 aliphatic heterocycles. The van der Waals surface area contributed by atoms with Gasteiger partial charge in [0.15, 0.2) is 0 Å². The fourth-order valence-electron chi connectivity index (χ4n) is 3.00. The van der Waals surface area contributed by atoms with E-state index in [0.29, 0.717) is 19.4 Å². The van der Waals surface area contributed by atoms with Gasteiger partial charge in [0.2, 0.25) is 5.91 Å². The highest BCUT2D eigenvalue weighted by Crippen LogP contribution is 2.17. The van der Waals surface area contributed by atoms with Gasteiger partial charge in [-0.1, -0.05) is 30.3 Å². The maximum Gasteiger partial charge on any atom is 0.220 e. The minimum Gasteiger partial charge on any atom is -0.508 e. The van der Waals surface area contributed by atoms with Crippen molar-refractivity contribution in [1.29, 1.82) is 0 Å². The van der Waals surface area contributed by atoms with Gasteiger partial charge in [-0.15, -0.1) is 0 Å². The molecule has 0 spiro atoms. The topological polar surface area (TPSA) is 67.2 Å². The largest absolute Gasteiger partial charge is 0.508 e. The van der Waals surface area contributed by atoms with Crippen LogP contribution in [0.15, 0.2) is 48.5 Å². The molecule has 0 saturated heterocycles. The number of rotatable bonds is 7. The molecular weight excluding hydrogens is 314 g/mol. The van der Waals surface area contributed by atoms with E-state index in [2.05, 4.69) is 20.9 Å². The molecule has 0 radical (unpaired) electrons. The lowest BCUT2D eigenvalue weighted by atomic mass is 10.1.